The van der Waals surface area contributed by atoms with Gasteiger partial charge in [0.2, 0.25) is 5.91 Å². The van der Waals surface area contributed by atoms with Crippen LogP contribution in [0.2, 0.25) is 0 Å². The summed E-state index contributed by atoms with van der Waals surface area (Å²) >= 11 is 0. The van der Waals surface area contributed by atoms with Crippen LogP contribution in [0, 0.1) is 6.92 Å². The number of aromatic amines is 2. The normalized spacial score (nSPS) is 12.1. The molecule has 1 atom stereocenters. The Labute approximate surface area is 158 Å². The average molecular weight is 367 g/mol. The fourth-order valence-electron chi connectivity index (χ4n) is 3.36. The van der Waals surface area contributed by atoms with Crippen LogP contribution in [0.15, 0.2) is 30.3 Å². The molecule has 0 radical (unpaired) electrons. The van der Waals surface area contributed by atoms with E-state index in [9.17, 15) is 9.59 Å². The number of para-hydroxylation sites is 1. The number of aromatic nitrogens is 3. The molecule has 0 saturated heterocycles. The average Bonchev–Trinajstić information content (AvgIpc) is 3.17. The van der Waals surface area contributed by atoms with Crippen molar-refractivity contribution in [3.05, 3.63) is 53.0 Å². The molecule has 3 N–H and O–H groups in total. The molecule has 2 aromatic heterocycles. The summed E-state index contributed by atoms with van der Waals surface area (Å²) < 4.78 is 0. The van der Waals surface area contributed by atoms with Gasteiger partial charge in [-0.2, -0.15) is 5.10 Å². The molecule has 0 fully saturated rings. The zero-order valence-corrected chi connectivity index (χ0v) is 16.1. The summed E-state index contributed by atoms with van der Waals surface area (Å²) in [5.74, 6) is -0.182. The number of aryl methyl sites for hydroxylation is 1. The van der Waals surface area contributed by atoms with Gasteiger partial charge in [0.05, 0.1) is 12.2 Å². The lowest BCUT2D eigenvalue weighted by Crippen LogP contribution is -2.33. The quantitative estimate of drug-likeness (QED) is 0.625. The number of nitrogens with zero attached hydrogens (tertiary/aromatic N) is 2. The highest BCUT2D eigenvalue weighted by molar-refractivity contribution is 6.01. The van der Waals surface area contributed by atoms with Gasteiger partial charge in [0.15, 0.2) is 0 Å². The molecule has 2 amide bonds. The summed E-state index contributed by atoms with van der Waals surface area (Å²) in [5, 5.41) is 11.0. The number of hydrogen-bond acceptors (Lipinski definition) is 3. The molecule has 0 spiro atoms. The Morgan fingerprint density at radius 2 is 2.04 bits per heavy atom. The SMILES string of the molecule is CC(=O)NC(C)Cc1c(C(=O)N(C)Cc2cc(C)[nH]n2)[nH]c2ccccc12. The predicted octanol–water partition coefficient (Wildman–Crippen LogP) is 2.54. The van der Waals surface area contributed by atoms with Gasteiger partial charge in [0, 0.05) is 36.6 Å². The molecule has 7 nitrogen and oxygen atoms in total. The van der Waals surface area contributed by atoms with Gasteiger partial charge in [-0.1, -0.05) is 18.2 Å². The minimum atomic E-state index is -0.100. The first-order valence-corrected chi connectivity index (χ1v) is 8.98. The van der Waals surface area contributed by atoms with Crippen molar-refractivity contribution in [3.8, 4) is 0 Å². The fourth-order valence-corrected chi connectivity index (χ4v) is 3.36. The van der Waals surface area contributed by atoms with Crippen LogP contribution in [0.1, 0.15) is 41.3 Å². The number of hydrogen-bond donors (Lipinski definition) is 3. The van der Waals surface area contributed by atoms with Gasteiger partial charge >= 0.3 is 0 Å². The maximum absolute atomic E-state index is 13.1. The highest BCUT2D eigenvalue weighted by Crippen LogP contribution is 2.25. The van der Waals surface area contributed by atoms with Crippen LogP contribution in [-0.4, -0.2) is 45.0 Å². The van der Waals surface area contributed by atoms with Gasteiger partial charge in [-0.25, -0.2) is 0 Å². The van der Waals surface area contributed by atoms with Crippen LogP contribution in [-0.2, 0) is 17.8 Å². The number of amides is 2. The molecule has 1 unspecified atom stereocenters. The molecule has 0 saturated carbocycles. The summed E-state index contributed by atoms with van der Waals surface area (Å²) in [6, 6.07) is 9.69. The lowest BCUT2D eigenvalue weighted by Gasteiger charge is -2.18. The zero-order valence-electron chi connectivity index (χ0n) is 16.1. The second kappa shape index (κ2) is 7.65. The summed E-state index contributed by atoms with van der Waals surface area (Å²) in [7, 11) is 1.76. The second-order valence-corrected chi connectivity index (χ2v) is 7.03. The molecular formula is C20H25N5O2. The first-order valence-electron chi connectivity index (χ1n) is 8.98. The molecule has 27 heavy (non-hydrogen) atoms. The molecule has 0 aliphatic carbocycles. The van der Waals surface area contributed by atoms with Gasteiger partial charge in [-0.15, -0.1) is 0 Å². The monoisotopic (exact) mass is 367 g/mol. The van der Waals surface area contributed by atoms with E-state index < -0.39 is 0 Å². The van der Waals surface area contributed by atoms with Crippen molar-refractivity contribution < 1.29 is 9.59 Å². The van der Waals surface area contributed by atoms with E-state index in [1.165, 1.54) is 6.92 Å². The third-order valence-corrected chi connectivity index (χ3v) is 4.49. The fraction of sp³-hybridized carbons (Fsp3) is 0.350. The van der Waals surface area contributed by atoms with Crippen molar-refractivity contribution in [2.24, 2.45) is 0 Å². The zero-order chi connectivity index (χ0) is 19.6. The first-order chi connectivity index (χ1) is 12.8. The molecule has 3 aromatic rings. The van der Waals surface area contributed by atoms with Crippen molar-refractivity contribution in [3.63, 3.8) is 0 Å². The van der Waals surface area contributed by atoms with Gasteiger partial charge in [0.1, 0.15) is 5.69 Å². The second-order valence-electron chi connectivity index (χ2n) is 7.03. The summed E-state index contributed by atoms with van der Waals surface area (Å²) in [5.41, 5.74) is 4.16. The topological polar surface area (TPSA) is 93.9 Å². The Bertz CT molecular complexity index is 972. The maximum Gasteiger partial charge on any atom is 0.270 e. The number of rotatable bonds is 6. The van der Waals surface area contributed by atoms with E-state index in [0.29, 0.717) is 18.7 Å². The van der Waals surface area contributed by atoms with E-state index >= 15 is 0 Å². The van der Waals surface area contributed by atoms with Crippen LogP contribution in [0.4, 0.5) is 0 Å². The Kier molecular flexibility index (Phi) is 5.30. The highest BCUT2D eigenvalue weighted by atomic mass is 16.2. The standard InChI is InChI=1S/C20H25N5O2/c1-12(21-14(3)26)10-17-16-7-5-6-8-18(16)22-19(17)20(27)25(4)11-15-9-13(2)23-24-15/h5-9,12,22H,10-11H2,1-4H3,(H,21,26)(H,23,24). The van der Waals surface area contributed by atoms with E-state index in [1.54, 1.807) is 11.9 Å². The van der Waals surface area contributed by atoms with Gasteiger partial charge in [-0.3, -0.25) is 14.7 Å². The van der Waals surface area contributed by atoms with Crippen LogP contribution in [0.5, 0.6) is 0 Å². The molecule has 0 bridgehead atoms. The Morgan fingerprint density at radius 3 is 2.70 bits per heavy atom. The number of nitrogens with one attached hydrogen (secondary N) is 3. The maximum atomic E-state index is 13.1. The number of fused-ring (bicyclic) bond motifs is 1. The molecule has 142 valence electrons. The van der Waals surface area contributed by atoms with Crippen molar-refractivity contribution in [1.29, 1.82) is 0 Å². The summed E-state index contributed by atoms with van der Waals surface area (Å²) in [6.07, 6.45) is 0.569. The minimum Gasteiger partial charge on any atom is -0.354 e. The predicted molar refractivity (Wildman–Crippen MR) is 104 cm³/mol. The van der Waals surface area contributed by atoms with E-state index in [2.05, 4.69) is 20.5 Å². The van der Waals surface area contributed by atoms with Crippen LogP contribution >= 0.6 is 0 Å². The summed E-state index contributed by atoms with van der Waals surface area (Å²) in [6.45, 7) is 5.78. The number of H-pyrrole nitrogens is 2. The van der Waals surface area contributed by atoms with E-state index in [-0.39, 0.29) is 17.9 Å². The number of carbonyl (C=O) groups excluding carboxylic acids is 2. The third kappa shape index (κ3) is 4.19. The van der Waals surface area contributed by atoms with Gasteiger partial charge < -0.3 is 15.2 Å². The minimum absolute atomic E-state index is 0.0763. The molecule has 0 aliphatic heterocycles. The smallest absolute Gasteiger partial charge is 0.270 e. The highest BCUT2D eigenvalue weighted by Gasteiger charge is 2.22. The van der Waals surface area contributed by atoms with E-state index in [0.717, 1.165) is 27.9 Å². The lowest BCUT2D eigenvalue weighted by atomic mass is 10.0. The van der Waals surface area contributed by atoms with Crippen molar-refractivity contribution >= 4 is 22.7 Å². The van der Waals surface area contributed by atoms with Crippen LogP contribution < -0.4 is 5.32 Å². The number of benzene rings is 1. The largest absolute Gasteiger partial charge is 0.354 e. The third-order valence-electron chi connectivity index (χ3n) is 4.49. The molecule has 1 aromatic carbocycles. The molecular weight excluding hydrogens is 342 g/mol. The van der Waals surface area contributed by atoms with Crippen LogP contribution in [0.3, 0.4) is 0 Å². The van der Waals surface area contributed by atoms with Gasteiger partial charge in [-0.05, 0) is 38.0 Å². The van der Waals surface area contributed by atoms with Gasteiger partial charge in [0.25, 0.3) is 5.91 Å². The van der Waals surface area contributed by atoms with Crippen molar-refractivity contribution in [1.82, 2.24) is 25.4 Å². The molecule has 7 heteroatoms. The number of carbonyl (C=O) groups is 2. The Balaban J connectivity index is 1.90. The molecule has 0 aliphatic rings. The molecule has 2 heterocycles. The molecule has 3 rings (SSSR count). The van der Waals surface area contributed by atoms with E-state index in [4.69, 9.17) is 0 Å². The Hall–Kier alpha value is -3.09. The van der Waals surface area contributed by atoms with Crippen molar-refractivity contribution in [2.75, 3.05) is 7.05 Å². The van der Waals surface area contributed by atoms with Crippen molar-refractivity contribution in [2.45, 2.75) is 39.8 Å². The van der Waals surface area contributed by atoms with Crippen LogP contribution in [0.25, 0.3) is 10.9 Å². The first kappa shape index (κ1) is 18.7. The lowest BCUT2D eigenvalue weighted by molar-refractivity contribution is -0.119. The Morgan fingerprint density at radius 1 is 1.30 bits per heavy atom. The summed E-state index contributed by atoms with van der Waals surface area (Å²) in [4.78, 5) is 29.4. The van der Waals surface area contributed by atoms with E-state index in [1.807, 2.05) is 44.2 Å².